The molecule has 1 spiro atoms. The molecule has 0 unspecified atom stereocenters. The van der Waals surface area contributed by atoms with Crippen molar-refractivity contribution in [3.05, 3.63) is 0 Å². The van der Waals surface area contributed by atoms with Crippen LogP contribution >= 0.6 is 0 Å². The Morgan fingerprint density at radius 3 is 2.54 bits per heavy atom. The molecule has 0 aromatic heterocycles. The standard InChI is InChI=1S/C18H29N3O3/c1-13(2)12-21(14-7-8-14)15(22)6-5-11-20-16(23)18(19-17(20)24)9-3-4-10-18/h13-14H,3-12H2,1-2H3,(H,19,24). The van der Waals surface area contributed by atoms with Crippen LogP contribution in [0.25, 0.3) is 0 Å². The quantitative estimate of drug-likeness (QED) is 0.726. The molecule has 1 N–H and O–H groups in total. The molecule has 134 valence electrons. The summed E-state index contributed by atoms with van der Waals surface area (Å²) in [6.07, 6.45) is 6.64. The van der Waals surface area contributed by atoms with Crippen molar-refractivity contribution in [2.24, 2.45) is 5.92 Å². The Kier molecular flexibility index (Phi) is 4.83. The van der Waals surface area contributed by atoms with E-state index in [0.717, 1.165) is 45.1 Å². The predicted octanol–water partition coefficient (Wildman–Crippen LogP) is 2.28. The summed E-state index contributed by atoms with van der Waals surface area (Å²) >= 11 is 0. The van der Waals surface area contributed by atoms with Crippen LogP contribution in [-0.2, 0) is 9.59 Å². The topological polar surface area (TPSA) is 69.7 Å². The zero-order valence-corrected chi connectivity index (χ0v) is 14.8. The second-order valence-corrected chi connectivity index (χ2v) is 7.95. The first-order chi connectivity index (χ1) is 11.4. The first kappa shape index (κ1) is 17.2. The molecular weight excluding hydrogens is 306 g/mol. The van der Waals surface area contributed by atoms with E-state index in [9.17, 15) is 14.4 Å². The van der Waals surface area contributed by atoms with E-state index in [1.54, 1.807) is 0 Å². The van der Waals surface area contributed by atoms with Crippen molar-refractivity contribution in [1.82, 2.24) is 15.1 Å². The van der Waals surface area contributed by atoms with Crippen LogP contribution < -0.4 is 5.32 Å². The lowest BCUT2D eigenvalue weighted by Crippen LogP contribution is -2.44. The fourth-order valence-corrected chi connectivity index (χ4v) is 3.96. The SMILES string of the molecule is CC(C)CN(C(=O)CCCN1C(=O)NC2(CCCC2)C1=O)C1CC1. The summed E-state index contributed by atoms with van der Waals surface area (Å²) in [5.74, 6) is 0.537. The molecular formula is C18H29N3O3. The summed E-state index contributed by atoms with van der Waals surface area (Å²) < 4.78 is 0. The van der Waals surface area contributed by atoms with Gasteiger partial charge in [0.1, 0.15) is 5.54 Å². The lowest BCUT2D eigenvalue weighted by Gasteiger charge is -2.25. The van der Waals surface area contributed by atoms with Gasteiger partial charge in [-0.3, -0.25) is 14.5 Å². The summed E-state index contributed by atoms with van der Waals surface area (Å²) in [7, 11) is 0. The van der Waals surface area contributed by atoms with Crippen LogP contribution in [0.15, 0.2) is 0 Å². The molecule has 3 aliphatic rings. The summed E-state index contributed by atoms with van der Waals surface area (Å²) in [5.41, 5.74) is -0.640. The van der Waals surface area contributed by atoms with E-state index in [-0.39, 0.29) is 17.8 Å². The van der Waals surface area contributed by atoms with Crippen LogP contribution in [0.4, 0.5) is 4.79 Å². The van der Waals surface area contributed by atoms with Gasteiger partial charge in [0.05, 0.1) is 0 Å². The van der Waals surface area contributed by atoms with Gasteiger partial charge < -0.3 is 10.2 Å². The summed E-state index contributed by atoms with van der Waals surface area (Å²) in [4.78, 5) is 40.5. The molecule has 6 nitrogen and oxygen atoms in total. The van der Waals surface area contributed by atoms with Crippen molar-refractivity contribution >= 4 is 17.8 Å². The van der Waals surface area contributed by atoms with Gasteiger partial charge in [-0.25, -0.2) is 4.79 Å². The summed E-state index contributed by atoms with van der Waals surface area (Å²) in [6.45, 7) is 5.39. The van der Waals surface area contributed by atoms with E-state index in [2.05, 4.69) is 19.2 Å². The number of amides is 4. The van der Waals surface area contributed by atoms with Gasteiger partial charge in [-0.2, -0.15) is 0 Å². The Labute approximate surface area is 143 Å². The van der Waals surface area contributed by atoms with Gasteiger partial charge in [-0.05, 0) is 38.0 Å². The highest BCUT2D eigenvalue weighted by atomic mass is 16.2. The van der Waals surface area contributed by atoms with Crippen LogP contribution in [0.2, 0.25) is 0 Å². The minimum atomic E-state index is -0.640. The molecule has 1 aliphatic heterocycles. The minimum absolute atomic E-state index is 0.0846. The van der Waals surface area contributed by atoms with E-state index in [1.807, 2.05) is 4.90 Å². The van der Waals surface area contributed by atoms with Gasteiger partial charge in [0.2, 0.25) is 5.91 Å². The van der Waals surface area contributed by atoms with Gasteiger partial charge in [0.15, 0.2) is 0 Å². The number of carbonyl (C=O) groups is 3. The van der Waals surface area contributed by atoms with Gasteiger partial charge in [-0.1, -0.05) is 26.7 Å². The van der Waals surface area contributed by atoms with Crippen molar-refractivity contribution < 1.29 is 14.4 Å². The van der Waals surface area contributed by atoms with Crippen LogP contribution in [0.5, 0.6) is 0 Å². The van der Waals surface area contributed by atoms with E-state index in [0.29, 0.717) is 31.3 Å². The number of urea groups is 1. The number of imide groups is 1. The van der Waals surface area contributed by atoms with Gasteiger partial charge in [-0.15, -0.1) is 0 Å². The van der Waals surface area contributed by atoms with Crippen LogP contribution in [-0.4, -0.2) is 52.3 Å². The molecule has 3 rings (SSSR count). The molecule has 6 heteroatoms. The number of nitrogens with one attached hydrogen (secondary N) is 1. The molecule has 1 heterocycles. The van der Waals surface area contributed by atoms with Crippen LogP contribution in [0.1, 0.15) is 65.2 Å². The third-order valence-corrected chi connectivity index (χ3v) is 5.35. The second-order valence-electron chi connectivity index (χ2n) is 7.95. The highest BCUT2D eigenvalue weighted by molar-refractivity contribution is 6.07. The maximum atomic E-state index is 12.6. The van der Waals surface area contributed by atoms with Crippen molar-refractivity contribution in [2.75, 3.05) is 13.1 Å². The van der Waals surface area contributed by atoms with Crippen molar-refractivity contribution in [2.45, 2.75) is 76.8 Å². The number of hydrogen-bond acceptors (Lipinski definition) is 3. The fraction of sp³-hybridized carbons (Fsp3) is 0.833. The normalized spacial score (nSPS) is 22.5. The Morgan fingerprint density at radius 2 is 1.96 bits per heavy atom. The fourth-order valence-electron chi connectivity index (χ4n) is 3.96. The largest absolute Gasteiger partial charge is 0.339 e. The zero-order valence-electron chi connectivity index (χ0n) is 14.8. The highest BCUT2D eigenvalue weighted by Crippen LogP contribution is 2.35. The van der Waals surface area contributed by atoms with Crippen LogP contribution in [0.3, 0.4) is 0 Å². The van der Waals surface area contributed by atoms with E-state index in [1.165, 1.54) is 4.90 Å². The predicted molar refractivity (Wildman–Crippen MR) is 90.3 cm³/mol. The minimum Gasteiger partial charge on any atom is -0.339 e. The highest BCUT2D eigenvalue weighted by Gasteiger charge is 2.52. The average molecular weight is 335 g/mol. The molecule has 0 aromatic carbocycles. The first-order valence-corrected chi connectivity index (χ1v) is 9.36. The molecule has 0 radical (unpaired) electrons. The molecule has 4 amide bonds. The Morgan fingerprint density at radius 1 is 1.29 bits per heavy atom. The number of hydrogen-bond donors (Lipinski definition) is 1. The zero-order chi connectivity index (χ0) is 17.3. The first-order valence-electron chi connectivity index (χ1n) is 9.36. The maximum absolute atomic E-state index is 12.6. The smallest absolute Gasteiger partial charge is 0.325 e. The number of carbonyl (C=O) groups excluding carboxylic acids is 3. The molecule has 1 saturated heterocycles. The maximum Gasteiger partial charge on any atom is 0.325 e. The summed E-state index contributed by atoms with van der Waals surface area (Å²) in [6, 6.07) is 0.133. The van der Waals surface area contributed by atoms with E-state index < -0.39 is 5.54 Å². The van der Waals surface area contributed by atoms with Crippen LogP contribution in [0, 0.1) is 5.92 Å². The Balaban J connectivity index is 1.49. The molecule has 24 heavy (non-hydrogen) atoms. The number of nitrogens with zero attached hydrogens (tertiary/aromatic N) is 2. The van der Waals surface area contributed by atoms with Crippen molar-refractivity contribution in [3.8, 4) is 0 Å². The third kappa shape index (κ3) is 3.42. The Bertz CT molecular complexity index is 522. The second kappa shape index (κ2) is 6.73. The number of rotatable bonds is 7. The molecule has 3 fully saturated rings. The Hall–Kier alpha value is -1.59. The van der Waals surface area contributed by atoms with Crippen molar-refractivity contribution in [1.29, 1.82) is 0 Å². The van der Waals surface area contributed by atoms with Gasteiger partial charge in [0.25, 0.3) is 5.91 Å². The molecule has 0 aromatic rings. The summed E-state index contributed by atoms with van der Waals surface area (Å²) in [5, 5.41) is 2.89. The molecule has 2 aliphatic carbocycles. The molecule has 0 bridgehead atoms. The van der Waals surface area contributed by atoms with Gasteiger partial charge in [0, 0.05) is 25.6 Å². The lowest BCUT2D eigenvalue weighted by atomic mass is 9.98. The van der Waals surface area contributed by atoms with Gasteiger partial charge >= 0.3 is 6.03 Å². The molecule has 0 atom stereocenters. The van der Waals surface area contributed by atoms with E-state index in [4.69, 9.17) is 0 Å². The monoisotopic (exact) mass is 335 g/mol. The molecule has 2 saturated carbocycles. The van der Waals surface area contributed by atoms with Crippen molar-refractivity contribution in [3.63, 3.8) is 0 Å². The third-order valence-electron chi connectivity index (χ3n) is 5.35. The average Bonchev–Trinajstić information content (AvgIpc) is 3.21. The lowest BCUT2D eigenvalue weighted by molar-refractivity contribution is -0.134. The van der Waals surface area contributed by atoms with E-state index >= 15 is 0 Å².